The number of carbonyl (C=O) groups is 1. The molecule has 0 amide bonds. The molecule has 0 spiro atoms. The van der Waals surface area contributed by atoms with Gasteiger partial charge in [-0.3, -0.25) is 0 Å². The highest BCUT2D eigenvalue weighted by molar-refractivity contribution is 5.75. The van der Waals surface area contributed by atoms with Gasteiger partial charge in [-0.2, -0.15) is 0 Å². The molecule has 1 heterocycles. The molecule has 4 atom stereocenters. The van der Waals surface area contributed by atoms with Gasteiger partial charge in [0.1, 0.15) is 12.2 Å². The zero-order chi connectivity index (χ0) is 13.2. The van der Waals surface area contributed by atoms with Crippen molar-refractivity contribution in [3.8, 4) is 0 Å². The van der Waals surface area contributed by atoms with Crippen molar-refractivity contribution in [2.45, 2.75) is 57.9 Å². The van der Waals surface area contributed by atoms with Crippen LogP contribution in [0.3, 0.4) is 0 Å². The third-order valence-corrected chi connectivity index (χ3v) is 2.54. The van der Waals surface area contributed by atoms with Crippen LogP contribution in [0.1, 0.15) is 27.7 Å². The van der Waals surface area contributed by atoms with E-state index in [0.717, 1.165) is 0 Å². The third-order valence-electron chi connectivity index (χ3n) is 2.54. The van der Waals surface area contributed by atoms with Crippen LogP contribution in [0.4, 0.5) is 0 Å². The Labute approximate surface area is 100 Å². The summed E-state index contributed by atoms with van der Waals surface area (Å²) in [5.74, 6) is -1.69. The molecule has 6 nitrogen and oxygen atoms in total. The van der Waals surface area contributed by atoms with Crippen LogP contribution < -0.4 is 0 Å². The zero-order valence-corrected chi connectivity index (χ0v) is 10.5. The summed E-state index contributed by atoms with van der Waals surface area (Å²) in [5, 5.41) is 19.5. The number of carbonyl (C=O) groups excluding carboxylic acids is 1. The first kappa shape index (κ1) is 14.4. The van der Waals surface area contributed by atoms with E-state index >= 15 is 0 Å². The van der Waals surface area contributed by atoms with Crippen LogP contribution in [0.2, 0.25) is 0 Å². The molecule has 0 bridgehead atoms. The van der Waals surface area contributed by atoms with E-state index in [-0.39, 0.29) is 6.61 Å². The molecule has 1 fully saturated rings. The van der Waals surface area contributed by atoms with Crippen molar-refractivity contribution in [1.82, 2.24) is 0 Å². The van der Waals surface area contributed by atoms with Crippen LogP contribution in [-0.2, 0) is 19.0 Å². The molecular weight excluding hydrogens is 228 g/mol. The van der Waals surface area contributed by atoms with Crippen molar-refractivity contribution in [3.05, 3.63) is 0 Å². The number of esters is 1. The molecule has 1 aliphatic heterocycles. The summed E-state index contributed by atoms with van der Waals surface area (Å²) in [4.78, 5) is 11.3. The number of rotatable bonds is 4. The minimum Gasteiger partial charge on any atom is -0.464 e. The third kappa shape index (κ3) is 3.38. The monoisotopic (exact) mass is 248 g/mol. The lowest BCUT2D eigenvalue weighted by molar-refractivity contribution is -0.177. The van der Waals surface area contributed by atoms with Gasteiger partial charge in [-0.05, 0) is 27.7 Å². The Balaban J connectivity index is 2.64. The topological polar surface area (TPSA) is 85.2 Å². The standard InChI is InChI=1S/C11H20O6/c1-5-15-10(14)8(13)7(12)9-6(2)16-11(3,4)17-9/h6-9,12-13H,5H2,1-4H3/t6-,7-,8-,9+/m0/s1. The van der Waals surface area contributed by atoms with Gasteiger partial charge in [-0.25, -0.2) is 4.79 Å². The Hall–Kier alpha value is -0.690. The molecule has 6 heteroatoms. The van der Waals surface area contributed by atoms with E-state index in [1.54, 1.807) is 27.7 Å². The summed E-state index contributed by atoms with van der Waals surface area (Å²) in [6.45, 7) is 6.88. The fraction of sp³-hybridized carbons (Fsp3) is 0.909. The van der Waals surface area contributed by atoms with Gasteiger partial charge < -0.3 is 24.4 Å². The summed E-state index contributed by atoms with van der Waals surface area (Å²) >= 11 is 0. The van der Waals surface area contributed by atoms with Gasteiger partial charge in [0.05, 0.1) is 12.7 Å². The first-order valence-electron chi connectivity index (χ1n) is 5.67. The lowest BCUT2D eigenvalue weighted by Crippen LogP contribution is -2.46. The SMILES string of the molecule is CCOC(=O)[C@@H](O)[C@H](O)[C@@H]1OC(C)(C)O[C@H]1C. The summed E-state index contributed by atoms with van der Waals surface area (Å²) in [6.07, 6.45) is -4.17. The highest BCUT2D eigenvalue weighted by atomic mass is 16.8. The summed E-state index contributed by atoms with van der Waals surface area (Å²) in [6, 6.07) is 0. The molecule has 1 saturated heterocycles. The molecule has 0 aliphatic carbocycles. The largest absolute Gasteiger partial charge is 0.464 e. The lowest BCUT2D eigenvalue weighted by Gasteiger charge is -2.24. The molecule has 17 heavy (non-hydrogen) atoms. The fourth-order valence-electron chi connectivity index (χ4n) is 1.86. The van der Waals surface area contributed by atoms with Gasteiger partial charge in [0, 0.05) is 0 Å². The van der Waals surface area contributed by atoms with E-state index < -0.39 is 36.2 Å². The van der Waals surface area contributed by atoms with Gasteiger partial charge in [-0.15, -0.1) is 0 Å². The van der Waals surface area contributed by atoms with Gasteiger partial charge in [0.15, 0.2) is 11.9 Å². The van der Waals surface area contributed by atoms with E-state index in [2.05, 4.69) is 4.74 Å². The van der Waals surface area contributed by atoms with E-state index in [1.165, 1.54) is 0 Å². The Morgan fingerprint density at radius 3 is 2.41 bits per heavy atom. The highest BCUT2D eigenvalue weighted by Gasteiger charge is 2.46. The van der Waals surface area contributed by atoms with Gasteiger partial charge in [-0.1, -0.05) is 0 Å². The number of aliphatic hydroxyl groups excluding tert-OH is 2. The minimum atomic E-state index is -1.63. The minimum absolute atomic E-state index is 0.145. The molecule has 0 aromatic heterocycles. The van der Waals surface area contributed by atoms with Crippen molar-refractivity contribution < 1.29 is 29.2 Å². The van der Waals surface area contributed by atoms with Crippen molar-refractivity contribution >= 4 is 5.97 Å². The normalized spacial score (nSPS) is 30.9. The van der Waals surface area contributed by atoms with Crippen molar-refractivity contribution in [2.75, 3.05) is 6.61 Å². The molecule has 0 aromatic rings. The molecule has 1 rings (SSSR count). The van der Waals surface area contributed by atoms with Crippen LogP contribution >= 0.6 is 0 Å². The van der Waals surface area contributed by atoms with E-state index in [9.17, 15) is 15.0 Å². The maximum Gasteiger partial charge on any atom is 0.337 e. The highest BCUT2D eigenvalue weighted by Crippen LogP contribution is 2.30. The number of hydrogen-bond acceptors (Lipinski definition) is 6. The zero-order valence-electron chi connectivity index (χ0n) is 10.5. The molecule has 0 aromatic carbocycles. The Morgan fingerprint density at radius 1 is 1.41 bits per heavy atom. The van der Waals surface area contributed by atoms with Gasteiger partial charge in [0.2, 0.25) is 0 Å². The van der Waals surface area contributed by atoms with Crippen LogP contribution in [0.15, 0.2) is 0 Å². The summed E-state index contributed by atoms with van der Waals surface area (Å²) in [5.41, 5.74) is 0. The second kappa shape index (κ2) is 5.30. The first-order valence-corrected chi connectivity index (χ1v) is 5.67. The smallest absolute Gasteiger partial charge is 0.337 e. The summed E-state index contributed by atoms with van der Waals surface area (Å²) < 4.78 is 15.5. The number of ether oxygens (including phenoxy) is 3. The van der Waals surface area contributed by atoms with E-state index in [0.29, 0.717) is 0 Å². The predicted molar refractivity (Wildman–Crippen MR) is 58.1 cm³/mol. The fourth-order valence-corrected chi connectivity index (χ4v) is 1.86. The van der Waals surface area contributed by atoms with Crippen LogP contribution in [0.5, 0.6) is 0 Å². The molecule has 1 aliphatic rings. The van der Waals surface area contributed by atoms with Crippen LogP contribution in [-0.4, -0.2) is 53.0 Å². The van der Waals surface area contributed by atoms with Crippen molar-refractivity contribution in [1.29, 1.82) is 0 Å². The first-order chi connectivity index (χ1) is 7.78. The second-order valence-electron chi connectivity index (χ2n) is 4.49. The Kier molecular flexibility index (Phi) is 4.48. The maximum atomic E-state index is 11.3. The average molecular weight is 248 g/mol. The van der Waals surface area contributed by atoms with Crippen LogP contribution in [0, 0.1) is 0 Å². The molecule has 100 valence electrons. The van der Waals surface area contributed by atoms with Crippen LogP contribution in [0.25, 0.3) is 0 Å². The van der Waals surface area contributed by atoms with Gasteiger partial charge >= 0.3 is 5.97 Å². The quantitative estimate of drug-likeness (QED) is 0.671. The second-order valence-corrected chi connectivity index (χ2v) is 4.49. The molecule has 0 saturated carbocycles. The molecular formula is C11H20O6. The molecule has 0 radical (unpaired) electrons. The summed E-state index contributed by atoms with van der Waals surface area (Å²) in [7, 11) is 0. The van der Waals surface area contributed by atoms with Crippen molar-refractivity contribution in [3.63, 3.8) is 0 Å². The maximum absolute atomic E-state index is 11.3. The van der Waals surface area contributed by atoms with Gasteiger partial charge in [0.25, 0.3) is 0 Å². The Bertz CT molecular complexity index is 277. The number of aliphatic hydroxyl groups is 2. The van der Waals surface area contributed by atoms with E-state index in [4.69, 9.17) is 9.47 Å². The van der Waals surface area contributed by atoms with Crippen molar-refractivity contribution in [2.24, 2.45) is 0 Å². The Morgan fingerprint density at radius 2 is 2.00 bits per heavy atom. The predicted octanol–water partition coefficient (Wildman–Crippen LogP) is -0.189. The number of hydrogen-bond donors (Lipinski definition) is 2. The van der Waals surface area contributed by atoms with E-state index in [1.807, 2.05) is 0 Å². The molecule has 0 unspecified atom stereocenters. The lowest BCUT2D eigenvalue weighted by atomic mass is 10.0. The molecule has 2 N–H and O–H groups in total. The average Bonchev–Trinajstić information content (AvgIpc) is 2.50.